The number of thioether (sulfide) groups is 1. The third-order valence-electron chi connectivity index (χ3n) is 3.35. The average molecular weight is 313 g/mol. The minimum Gasteiger partial charge on any atom is -0.399 e. The molecule has 0 bridgehead atoms. The standard InChI is InChI=1S/C13H19N3O2S2/c1-9(8-19-3)16(2)20(17,18)13-7-15-12-6-10(14)4-5-11(12)13/h4-7,9,15H,8,14H2,1-3H3. The van der Waals surface area contributed by atoms with Gasteiger partial charge in [-0.05, 0) is 31.4 Å². The molecule has 110 valence electrons. The van der Waals surface area contributed by atoms with E-state index >= 15 is 0 Å². The van der Waals surface area contributed by atoms with Crippen LogP contribution in [0.4, 0.5) is 5.69 Å². The largest absolute Gasteiger partial charge is 0.399 e. The summed E-state index contributed by atoms with van der Waals surface area (Å²) in [5.74, 6) is 0.755. The van der Waals surface area contributed by atoms with Gasteiger partial charge >= 0.3 is 0 Å². The summed E-state index contributed by atoms with van der Waals surface area (Å²) in [5.41, 5.74) is 7.04. The molecule has 7 heteroatoms. The number of nitrogen functional groups attached to an aromatic ring is 1. The van der Waals surface area contributed by atoms with Gasteiger partial charge in [0.15, 0.2) is 0 Å². The molecule has 5 nitrogen and oxygen atoms in total. The van der Waals surface area contributed by atoms with Crippen LogP contribution in [0.15, 0.2) is 29.3 Å². The summed E-state index contributed by atoms with van der Waals surface area (Å²) in [6.45, 7) is 1.90. The van der Waals surface area contributed by atoms with Gasteiger partial charge in [-0.25, -0.2) is 8.42 Å². The van der Waals surface area contributed by atoms with Crippen LogP contribution in [0.3, 0.4) is 0 Å². The molecule has 0 saturated carbocycles. The molecule has 0 radical (unpaired) electrons. The van der Waals surface area contributed by atoms with E-state index in [1.54, 1.807) is 37.0 Å². The molecule has 0 spiro atoms. The number of nitrogens with one attached hydrogen (secondary N) is 1. The molecule has 0 saturated heterocycles. The number of fused-ring (bicyclic) bond motifs is 1. The van der Waals surface area contributed by atoms with Gasteiger partial charge in [0, 0.05) is 41.6 Å². The van der Waals surface area contributed by atoms with Crippen molar-refractivity contribution in [2.24, 2.45) is 0 Å². The summed E-state index contributed by atoms with van der Waals surface area (Å²) < 4.78 is 26.8. The first-order chi connectivity index (χ1) is 9.37. The van der Waals surface area contributed by atoms with Crippen molar-refractivity contribution >= 4 is 38.4 Å². The molecule has 0 aliphatic heterocycles. The predicted molar refractivity (Wildman–Crippen MR) is 85.5 cm³/mol. The van der Waals surface area contributed by atoms with Crippen LogP contribution in [-0.2, 0) is 10.0 Å². The van der Waals surface area contributed by atoms with E-state index in [1.807, 2.05) is 13.2 Å². The van der Waals surface area contributed by atoms with Crippen molar-refractivity contribution in [3.05, 3.63) is 24.4 Å². The van der Waals surface area contributed by atoms with Gasteiger partial charge in [-0.15, -0.1) is 0 Å². The maximum absolute atomic E-state index is 12.7. The number of benzene rings is 1. The summed E-state index contributed by atoms with van der Waals surface area (Å²) in [5, 5.41) is 0.669. The maximum atomic E-state index is 12.7. The number of H-pyrrole nitrogens is 1. The van der Waals surface area contributed by atoms with E-state index in [9.17, 15) is 8.42 Å². The van der Waals surface area contributed by atoms with E-state index in [0.717, 1.165) is 11.3 Å². The van der Waals surface area contributed by atoms with Crippen LogP contribution in [0.1, 0.15) is 6.92 Å². The van der Waals surface area contributed by atoms with Crippen LogP contribution in [0.25, 0.3) is 10.9 Å². The SMILES string of the molecule is CSCC(C)N(C)S(=O)(=O)c1c[nH]c2cc(N)ccc12. The van der Waals surface area contributed by atoms with Crippen molar-refractivity contribution in [1.82, 2.24) is 9.29 Å². The number of aromatic nitrogens is 1. The van der Waals surface area contributed by atoms with E-state index in [0.29, 0.717) is 16.0 Å². The number of hydrogen-bond donors (Lipinski definition) is 2. The van der Waals surface area contributed by atoms with Crippen LogP contribution < -0.4 is 5.73 Å². The topological polar surface area (TPSA) is 79.2 Å². The molecule has 2 rings (SSSR count). The first-order valence-corrected chi connectivity index (χ1v) is 9.05. The summed E-state index contributed by atoms with van der Waals surface area (Å²) >= 11 is 1.63. The van der Waals surface area contributed by atoms with Crippen molar-refractivity contribution in [1.29, 1.82) is 0 Å². The Kier molecular flexibility index (Phi) is 4.31. The number of aromatic amines is 1. The van der Waals surface area contributed by atoms with Gasteiger partial charge < -0.3 is 10.7 Å². The second-order valence-electron chi connectivity index (χ2n) is 4.78. The lowest BCUT2D eigenvalue weighted by molar-refractivity contribution is 0.415. The van der Waals surface area contributed by atoms with Crippen molar-refractivity contribution in [3.8, 4) is 0 Å². The van der Waals surface area contributed by atoms with E-state index in [2.05, 4.69) is 4.98 Å². The zero-order chi connectivity index (χ0) is 14.9. The molecule has 1 aromatic heterocycles. The lowest BCUT2D eigenvalue weighted by Crippen LogP contribution is -2.36. The van der Waals surface area contributed by atoms with Crippen molar-refractivity contribution < 1.29 is 8.42 Å². The predicted octanol–water partition coefficient (Wildman–Crippen LogP) is 2.12. The molecule has 1 atom stereocenters. The van der Waals surface area contributed by atoms with E-state index < -0.39 is 10.0 Å². The van der Waals surface area contributed by atoms with Gasteiger partial charge in [0.05, 0.1) is 0 Å². The fourth-order valence-electron chi connectivity index (χ4n) is 2.07. The number of anilines is 1. The Morgan fingerprint density at radius 3 is 2.80 bits per heavy atom. The Balaban J connectivity index is 2.47. The quantitative estimate of drug-likeness (QED) is 0.829. The Hall–Kier alpha value is -1.18. The third-order valence-corrected chi connectivity index (χ3v) is 6.18. The highest BCUT2D eigenvalue weighted by atomic mass is 32.2. The minimum atomic E-state index is -3.51. The fraction of sp³-hybridized carbons (Fsp3) is 0.385. The Labute approximate surface area is 123 Å². The van der Waals surface area contributed by atoms with Crippen LogP contribution in [0.2, 0.25) is 0 Å². The van der Waals surface area contributed by atoms with E-state index in [1.165, 1.54) is 10.5 Å². The molecule has 1 heterocycles. The molecule has 1 unspecified atom stereocenters. The molecule has 0 aliphatic carbocycles. The molecular weight excluding hydrogens is 294 g/mol. The molecule has 0 amide bonds. The lowest BCUT2D eigenvalue weighted by Gasteiger charge is -2.23. The van der Waals surface area contributed by atoms with Crippen LogP contribution >= 0.6 is 11.8 Å². The smallest absolute Gasteiger partial charge is 0.245 e. The van der Waals surface area contributed by atoms with Gasteiger partial charge in [-0.2, -0.15) is 16.1 Å². The minimum absolute atomic E-state index is 0.0614. The normalized spacial score (nSPS) is 14.0. The molecule has 2 aromatic rings. The second-order valence-corrected chi connectivity index (χ2v) is 7.66. The number of nitrogens with zero attached hydrogens (tertiary/aromatic N) is 1. The van der Waals surface area contributed by atoms with Gasteiger partial charge in [-0.1, -0.05) is 0 Å². The van der Waals surface area contributed by atoms with Gasteiger partial charge in [0.1, 0.15) is 4.90 Å². The van der Waals surface area contributed by atoms with Crippen molar-refractivity contribution in [2.45, 2.75) is 17.9 Å². The Bertz CT molecular complexity index is 709. The van der Waals surface area contributed by atoms with Gasteiger partial charge in [0.25, 0.3) is 0 Å². The lowest BCUT2D eigenvalue weighted by atomic mass is 10.2. The Morgan fingerprint density at radius 2 is 2.15 bits per heavy atom. The van der Waals surface area contributed by atoms with Crippen molar-refractivity contribution in [2.75, 3.05) is 24.8 Å². The van der Waals surface area contributed by atoms with Crippen molar-refractivity contribution in [3.63, 3.8) is 0 Å². The highest BCUT2D eigenvalue weighted by Gasteiger charge is 2.27. The number of hydrogen-bond acceptors (Lipinski definition) is 4. The zero-order valence-electron chi connectivity index (χ0n) is 11.8. The number of nitrogens with two attached hydrogens (primary N) is 1. The third kappa shape index (κ3) is 2.65. The van der Waals surface area contributed by atoms with Crippen LogP contribution in [0.5, 0.6) is 0 Å². The summed E-state index contributed by atoms with van der Waals surface area (Å²) in [7, 11) is -1.89. The highest BCUT2D eigenvalue weighted by molar-refractivity contribution is 7.98. The molecule has 3 N–H and O–H groups in total. The monoisotopic (exact) mass is 313 g/mol. The van der Waals surface area contributed by atoms with E-state index in [4.69, 9.17) is 5.73 Å². The highest BCUT2D eigenvalue weighted by Crippen LogP contribution is 2.27. The maximum Gasteiger partial charge on any atom is 0.245 e. The molecule has 20 heavy (non-hydrogen) atoms. The van der Waals surface area contributed by atoms with E-state index in [-0.39, 0.29) is 6.04 Å². The van der Waals surface area contributed by atoms with Crippen LogP contribution in [0, 0.1) is 0 Å². The first kappa shape index (κ1) is 15.2. The van der Waals surface area contributed by atoms with Gasteiger partial charge in [0.2, 0.25) is 10.0 Å². The number of rotatable bonds is 5. The first-order valence-electron chi connectivity index (χ1n) is 6.21. The fourth-order valence-corrected chi connectivity index (χ4v) is 4.39. The summed E-state index contributed by atoms with van der Waals surface area (Å²) in [6.07, 6.45) is 3.49. The molecule has 0 fully saturated rings. The second kappa shape index (κ2) is 5.67. The summed E-state index contributed by atoms with van der Waals surface area (Å²) in [4.78, 5) is 3.26. The average Bonchev–Trinajstić information content (AvgIpc) is 2.81. The van der Waals surface area contributed by atoms with Crippen LogP contribution in [-0.4, -0.2) is 42.8 Å². The number of sulfonamides is 1. The van der Waals surface area contributed by atoms with Gasteiger partial charge in [-0.3, -0.25) is 0 Å². The molecule has 0 aliphatic rings. The summed E-state index contributed by atoms with van der Waals surface area (Å²) in [6, 6.07) is 5.12. The molecular formula is C13H19N3O2S2. The Morgan fingerprint density at radius 1 is 1.45 bits per heavy atom. The zero-order valence-corrected chi connectivity index (χ0v) is 13.4. The molecule has 1 aromatic carbocycles.